The van der Waals surface area contributed by atoms with Crippen LogP contribution in [0.2, 0.25) is 5.02 Å². The van der Waals surface area contributed by atoms with Crippen LogP contribution in [0.1, 0.15) is 21.5 Å². The minimum atomic E-state index is -0.391. The Balaban J connectivity index is 2.28. The van der Waals surface area contributed by atoms with Gasteiger partial charge in [0.1, 0.15) is 5.82 Å². The van der Waals surface area contributed by atoms with Crippen LogP contribution in [0.5, 0.6) is 0 Å². The molecule has 0 saturated heterocycles. The van der Waals surface area contributed by atoms with Gasteiger partial charge in [0.2, 0.25) is 0 Å². The van der Waals surface area contributed by atoms with Gasteiger partial charge in [0.25, 0.3) is 0 Å². The van der Waals surface area contributed by atoms with Crippen molar-refractivity contribution in [3.05, 3.63) is 68.4 Å². The lowest BCUT2D eigenvalue weighted by Gasteiger charge is -2.06. The summed E-state index contributed by atoms with van der Waals surface area (Å²) in [4.78, 5) is 12.2. The van der Waals surface area contributed by atoms with Gasteiger partial charge < -0.3 is 0 Å². The second kappa shape index (κ2) is 5.85. The molecule has 0 aromatic heterocycles. The van der Waals surface area contributed by atoms with Crippen molar-refractivity contribution in [3.63, 3.8) is 0 Å². The molecule has 2 aromatic carbocycles. The van der Waals surface area contributed by atoms with Crippen LogP contribution in [-0.4, -0.2) is 5.78 Å². The molecule has 98 valence electrons. The van der Waals surface area contributed by atoms with E-state index in [0.717, 1.165) is 10.0 Å². The predicted octanol–water partition coefficient (Wildman–Crippen LogP) is 4.98. The Kier molecular flexibility index (Phi) is 4.38. The van der Waals surface area contributed by atoms with E-state index in [-0.39, 0.29) is 12.2 Å². The van der Waals surface area contributed by atoms with Crippen LogP contribution >= 0.6 is 27.5 Å². The van der Waals surface area contributed by atoms with Crippen molar-refractivity contribution in [3.8, 4) is 0 Å². The van der Waals surface area contributed by atoms with E-state index in [0.29, 0.717) is 16.1 Å². The third-order valence-electron chi connectivity index (χ3n) is 2.72. The van der Waals surface area contributed by atoms with Crippen LogP contribution in [-0.2, 0) is 6.42 Å². The number of aryl methyl sites for hydroxylation is 1. The summed E-state index contributed by atoms with van der Waals surface area (Å²) in [5.41, 5.74) is 2.08. The van der Waals surface area contributed by atoms with Crippen LogP contribution in [0.15, 0.2) is 40.9 Å². The van der Waals surface area contributed by atoms with Crippen molar-refractivity contribution in [2.75, 3.05) is 0 Å². The highest BCUT2D eigenvalue weighted by Crippen LogP contribution is 2.21. The van der Waals surface area contributed by atoms with Gasteiger partial charge in [0.15, 0.2) is 5.78 Å². The van der Waals surface area contributed by atoms with Gasteiger partial charge in [0, 0.05) is 21.5 Å². The molecule has 2 rings (SSSR count). The molecule has 0 saturated carbocycles. The monoisotopic (exact) mass is 340 g/mol. The number of ketones is 1. The average molecular weight is 342 g/mol. The molecule has 4 heteroatoms. The van der Waals surface area contributed by atoms with E-state index < -0.39 is 5.82 Å². The summed E-state index contributed by atoms with van der Waals surface area (Å²) < 4.78 is 14.0. The number of halogens is 3. The lowest BCUT2D eigenvalue weighted by atomic mass is 10.0. The standard InChI is InChI=1S/C15H11BrClFO/c1-9-4-11(6-12(16)5-9)15(19)8-10-7-13(18)2-3-14(10)17/h2-7H,8H2,1H3. The minimum absolute atomic E-state index is 0.0862. The molecule has 19 heavy (non-hydrogen) atoms. The Morgan fingerprint density at radius 2 is 2.00 bits per heavy atom. The van der Waals surface area contributed by atoms with Gasteiger partial charge in [0.05, 0.1) is 0 Å². The Morgan fingerprint density at radius 1 is 1.26 bits per heavy atom. The maximum Gasteiger partial charge on any atom is 0.167 e. The number of benzene rings is 2. The van der Waals surface area contributed by atoms with Crippen LogP contribution in [0, 0.1) is 12.7 Å². The van der Waals surface area contributed by atoms with Gasteiger partial charge >= 0.3 is 0 Å². The fraction of sp³-hybridized carbons (Fsp3) is 0.133. The third-order valence-corrected chi connectivity index (χ3v) is 3.55. The van der Waals surface area contributed by atoms with E-state index >= 15 is 0 Å². The lowest BCUT2D eigenvalue weighted by Crippen LogP contribution is -2.05. The number of hydrogen-bond acceptors (Lipinski definition) is 1. The van der Waals surface area contributed by atoms with Gasteiger partial charge in [-0.15, -0.1) is 0 Å². The summed E-state index contributed by atoms with van der Waals surface area (Å²) in [6.07, 6.45) is 0.0898. The normalized spacial score (nSPS) is 10.5. The van der Waals surface area contributed by atoms with E-state index in [1.807, 2.05) is 13.0 Å². The maximum absolute atomic E-state index is 13.2. The van der Waals surface area contributed by atoms with Crippen molar-refractivity contribution in [1.29, 1.82) is 0 Å². The first-order valence-electron chi connectivity index (χ1n) is 5.70. The summed E-state index contributed by atoms with van der Waals surface area (Å²) in [6.45, 7) is 1.91. The second-order valence-electron chi connectivity index (χ2n) is 4.35. The highest BCUT2D eigenvalue weighted by atomic mass is 79.9. The van der Waals surface area contributed by atoms with Gasteiger partial charge in [-0.05, 0) is 54.4 Å². The third kappa shape index (κ3) is 3.64. The van der Waals surface area contributed by atoms with Crippen molar-refractivity contribution in [1.82, 2.24) is 0 Å². The molecule has 0 bridgehead atoms. The number of Topliss-reactive ketones (excluding diaryl/α,β-unsaturated/α-hetero) is 1. The smallest absolute Gasteiger partial charge is 0.167 e. The lowest BCUT2D eigenvalue weighted by molar-refractivity contribution is 0.0993. The molecule has 0 heterocycles. The van der Waals surface area contributed by atoms with Crippen molar-refractivity contribution in [2.45, 2.75) is 13.3 Å². The Morgan fingerprint density at radius 3 is 2.68 bits per heavy atom. The van der Waals surface area contributed by atoms with Gasteiger partial charge in [-0.3, -0.25) is 4.79 Å². The van der Waals surface area contributed by atoms with Crippen LogP contribution < -0.4 is 0 Å². The molecule has 1 nitrogen and oxygen atoms in total. The summed E-state index contributed by atoms with van der Waals surface area (Å²) in [5.74, 6) is -0.477. The van der Waals surface area contributed by atoms with E-state index in [2.05, 4.69) is 15.9 Å². The van der Waals surface area contributed by atoms with Crippen LogP contribution in [0.25, 0.3) is 0 Å². The fourth-order valence-electron chi connectivity index (χ4n) is 1.85. The molecular weight excluding hydrogens is 331 g/mol. The Labute approximate surface area is 124 Å². The quantitative estimate of drug-likeness (QED) is 0.720. The van der Waals surface area contributed by atoms with Gasteiger partial charge in [-0.1, -0.05) is 27.5 Å². The highest BCUT2D eigenvalue weighted by molar-refractivity contribution is 9.10. The minimum Gasteiger partial charge on any atom is -0.294 e. The summed E-state index contributed by atoms with van der Waals surface area (Å²) >= 11 is 9.32. The second-order valence-corrected chi connectivity index (χ2v) is 5.68. The summed E-state index contributed by atoms with van der Waals surface area (Å²) in [6, 6.07) is 9.52. The van der Waals surface area contributed by atoms with E-state index in [1.54, 1.807) is 12.1 Å². The number of carbonyl (C=O) groups excluding carboxylic acids is 1. The average Bonchev–Trinajstić information content (AvgIpc) is 2.32. The van der Waals surface area contributed by atoms with Crippen molar-refractivity contribution in [2.24, 2.45) is 0 Å². The molecule has 0 aliphatic carbocycles. The first kappa shape index (κ1) is 14.2. The number of rotatable bonds is 3. The molecule has 0 spiro atoms. The SMILES string of the molecule is Cc1cc(Br)cc(C(=O)Cc2cc(F)ccc2Cl)c1. The molecule has 0 aliphatic rings. The molecule has 0 aliphatic heterocycles. The van der Waals surface area contributed by atoms with Crippen LogP contribution in [0.4, 0.5) is 4.39 Å². The van der Waals surface area contributed by atoms with E-state index in [9.17, 15) is 9.18 Å². The zero-order valence-corrected chi connectivity index (χ0v) is 12.6. The highest BCUT2D eigenvalue weighted by Gasteiger charge is 2.11. The molecule has 0 fully saturated rings. The van der Waals surface area contributed by atoms with Gasteiger partial charge in [-0.25, -0.2) is 4.39 Å². The molecule has 2 aromatic rings. The molecule has 0 unspecified atom stereocenters. The predicted molar refractivity (Wildman–Crippen MR) is 78.3 cm³/mol. The van der Waals surface area contributed by atoms with Gasteiger partial charge in [-0.2, -0.15) is 0 Å². The largest absolute Gasteiger partial charge is 0.294 e. The summed E-state index contributed by atoms with van der Waals surface area (Å²) in [5, 5.41) is 0.404. The first-order chi connectivity index (χ1) is 8.95. The zero-order valence-electron chi connectivity index (χ0n) is 10.2. The Hall–Kier alpha value is -1.19. The maximum atomic E-state index is 13.2. The number of carbonyl (C=O) groups is 1. The molecule has 0 amide bonds. The molecule has 0 atom stereocenters. The van der Waals surface area contributed by atoms with Crippen molar-refractivity contribution < 1.29 is 9.18 Å². The summed E-state index contributed by atoms with van der Waals surface area (Å²) in [7, 11) is 0. The van der Waals surface area contributed by atoms with Crippen molar-refractivity contribution >= 4 is 33.3 Å². The Bertz CT molecular complexity index is 620. The fourth-order valence-corrected chi connectivity index (χ4v) is 2.64. The molecule has 0 N–H and O–H groups in total. The molecule has 0 radical (unpaired) electrons. The zero-order chi connectivity index (χ0) is 14.0. The van der Waals surface area contributed by atoms with E-state index in [1.165, 1.54) is 18.2 Å². The first-order valence-corrected chi connectivity index (χ1v) is 6.87. The van der Waals surface area contributed by atoms with E-state index in [4.69, 9.17) is 11.6 Å². The van der Waals surface area contributed by atoms with Crippen LogP contribution in [0.3, 0.4) is 0 Å². The topological polar surface area (TPSA) is 17.1 Å². The number of hydrogen-bond donors (Lipinski definition) is 0. The molecular formula is C15H11BrClFO.